The average molecular weight is 312 g/mol. The molecular formula is C15H21FN2O2S. The lowest BCUT2D eigenvalue weighted by atomic mass is 10.1. The Kier molecular flexibility index (Phi) is 5.47. The van der Waals surface area contributed by atoms with Crippen molar-refractivity contribution in [2.45, 2.75) is 25.6 Å². The second kappa shape index (κ2) is 7.13. The van der Waals surface area contributed by atoms with Crippen LogP contribution in [0.2, 0.25) is 0 Å². The second-order valence-electron chi connectivity index (χ2n) is 5.11. The van der Waals surface area contributed by atoms with Gasteiger partial charge < -0.3 is 9.64 Å². The van der Waals surface area contributed by atoms with Crippen LogP contribution in [0, 0.1) is 5.82 Å². The van der Waals surface area contributed by atoms with Crippen LogP contribution in [0.5, 0.6) is 5.75 Å². The summed E-state index contributed by atoms with van der Waals surface area (Å²) in [6.45, 7) is 2.33. The minimum Gasteiger partial charge on any atom is -0.494 e. The van der Waals surface area contributed by atoms with Gasteiger partial charge in [0.2, 0.25) is 5.91 Å². The Morgan fingerprint density at radius 3 is 2.95 bits per heavy atom. The summed E-state index contributed by atoms with van der Waals surface area (Å²) in [5.41, 5.74) is 0.746. The fraction of sp³-hybridized carbons (Fsp3) is 0.533. The van der Waals surface area contributed by atoms with Gasteiger partial charge in [0, 0.05) is 6.04 Å². The molecule has 0 spiro atoms. The summed E-state index contributed by atoms with van der Waals surface area (Å²) in [5, 5.41) is 3.16. The van der Waals surface area contributed by atoms with Crippen LogP contribution in [0.25, 0.3) is 0 Å². The number of hydrogen-bond donors (Lipinski definition) is 1. The molecule has 0 radical (unpaired) electrons. The summed E-state index contributed by atoms with van der Waals surface area (Å²) < 4.78 is 18.8. The number of nitrogens with one attached hydrogen (secondary N) is 1. The molecule has 1 aliphatic heterocycles. The highest BCUT2D eigenvalue weighted by atomic mass is 32.2. The van der Waals surface area contributed by atoms with Gasteiger partial charge in [-0.1, -0.05) is 6.07 Å². The number of hydrogen-bond acceptors (Lipinski definition) is 4. The fourth-order valence-corrected chi connectivity index (χ4v) is 3.15. The van der Waals surface area contributed by atoms with Gasteiger partial charge in [0.1, 0.15) is 6.17 Å². The maximum absolute atomic E-state index is 13.9. The zero-order chi connectivity index (χ0) is 15.4. The molecule has 0 bridgehead atoms. The zero-order valence-corrected chi connectivity index (χ0v) is 13.4. The molecule has 1 saturated heterocycles. The molecule has 0 aromatic heterocycles. The minimum atomic E-state index is -0.409. The van der Waals surface area contributed by atoms with Crippen LogP contribution < -0.4 is 10.1 Å². The molecule has 6 heteroatoms. The Morgan fingerprint density at radius 1 is 1.57 bits per heavy atom. The van der Waals surface area contributed by atoms with Crippen LogP contribution in [0.1, 0.15) is 25.1 Å². The minimum absolute atomic E-state index is 0.0600. The Bertz CT molecular complexity index is 512. The van der Waals surface area contributed by atoms with Crippen molar-refractivity contribution < 1.29 is 13.9 Å². The van der Waals surface area contributed by atoms with E-state index in [4.69, 9.17) is 4.74 Å². The largest absolute Gasteiger partial charge is 0.494 e. The molecule has 116 valence electrons. The van der Waals surface area contributed by atoms with E-state index in [-0.39, 0.29) is 23.9 Å². The second-order valence-corrected chi connectivity index (χ2v) is 6.09. The van der Waals surface area contributed by atoms with Crippen molar-refractivity contribution in [2.24, 2.45) is 0 Å². The molecule has 21 heavy (non-hydrogen) atoms. The lowest BCUT2D eigenvalue weighted by molar-refractivity contribution is -0.130. The maximum Gasteiger partial charge on any atom is 0.238 e. The summed E-state index contributed by atoms with van der Waals surface area (Å²) in [7, 11) is 1.44. The Balaban J connectivity index is 2.20. The van der Waals surface area contributed by atoms with Crippen LogP contribution in [-0.2, 0) is 4.79 Å². The van der Waals surface area contributed by atoms with Gasteiger partial charge in [0.25, 0.3) is 0 Å². The number of amides is 1. The van der Waals surface area contributed by atoms with Crippen LogP contribution in [-0.4, -0.2) is 42.5 Å². The third kappa shape index (κ3) is 3.49. The van der Waals surface area contributed by atoms with Crippen LogP contribution in [0.15, 0.2) is 18.2 Å². The quantitative estimate of drug-likeness (QED) is 0.876. The smallest absolute Gasteiger partial charge is 0.238 e. The van der Waals surface area contributed by atoms with Crippen molar-refractivity contribution >= 4 is 17.7 Å². The molecule has 0 aliphatic carbocycles. The van der Waals surface area contributed by atoms with E-state index in [1.807, 2.05) is 18.1 Å². The molecule has 1 N–H and O–H groups in total. The van der Waals surface area contributed by atoms with E-state index in [1.165, 1.54) is 13.2 Å². The number of rotatable bonds is 6. The molecule has 0 saturated carbocycles. The van der Waals surface area contributed by atoms with Crippen molar-refractivity contribution in [1.82, 2.24) is 10.2 Å². The third-order valence-electron chi connectivity index (χ3n) is 3.72. The summed E-state index contributed by atoms with van der Waals surface area (Å²) in [6, 6.07) is 4.95. The third-order valence-corrected chi connectivity index (χ3v) is 4.36. The van der Waals surface area contributed by atoms with Gasteiger partial charge in [0.15, 0.2) is 11.6 Å². The Morgan fingerprint density at radius 2 is 2.33 bits per heavy atom. The summed E-state index contributed by atoms with van der Waals surface area (Å²) in [6.07, 6.45) is 2.70. The fourth-order valence-electron chi connectivity index (χ4n) is 2.58. The molecular weight excluding hydrogens is 291 g/mol. The van der Waals surface area contributed by atoms with Crippen molar-refractivity contribution in [1.29, 1.82) is 0 Å². The standard InChI is InChI=1S/C15H21FN2O2S/c1-10(6-7-21-3)18-14(19)9-17-15(18)11-4-5-13(20-2)12(16)8-11/h4-5,8,10,15,17H,6-7,9H2,1-3H3. The SMILES string of the molecule is COc1ccc(C2NCC(=O)N2C(C)CCSC)cc1F. The molecule has 2 atom stereocenters. The summed E-state index contributed by atoms with van der Waals surface area (Å²) in [5.74, 6) is 0.858. The topological polar surface area (TPSA) is 41.6 Å². The predicted molar refractivity (Wildman–Crippen MR) is 83.0 cm³/mol. The highest BCUT2D eigenvalue weighted by Gasteiger charge is 2.35. The van der Waals surface area contributed by atoms with Gasteiger partial charge in [-0.2, -0.15) is 11.8 Å². The van der Waals surface area contributed by atoms with E-state index >= 15 is 0 Å². The predicted octanol–water partition coefficient (Wildman–Crippen LogP) is 2.41. The van der Waals surface area contributed by atoms with Crippen molar-refractivity contribution in [3.05, 3.63) is 29.6 Å². The molecule has 1 aromatic carbocycles. The van der Waals surface area contributed by atoms with E-state index in [0.717, 1.165) is 17.7 Å². The number of halogens is 1. The maximum atomic E-state index is 13.9. The Labute approximate surface area is 129 Å². The number of carbonyl (C=O) groups excluding carboxylic acids is 1. The lowest BCUT2D eigenvalue weighted by Gasteiger charge is -2.30. The number of methoxy groups -OCH3 is 1. The van der Waals surface area contributed by atoms with Gasteiger partial charge in [-0.05, 0) is 43.0 Å². The first kappa shape index (κ1) is 16.1. The van der Waals surface area contributed by atoms with E-state index in [0.29, 0.717) is 6.54 Å². The number of thioether (sulfide) groups is 1. The highest BCUT2D eigenvalue weighted by Crippen LogP contribution is 2.29. The summed E-state index contributed by atoms with van der Waals surface area (Å²) in [4.78, 5) is 13.9. The van der Waals surface area contributed by atoms with E-state index in [1.54, 1.807) is 23.9 Å². The first-order valence-electron chi connectivity index (χ1n) is 6.95. The first-order valence-corrected chi connectivity index (χ1v) is 8.34. The number of benzene rings is 1. The van der Waals surface area contributed by atoms with E-state index < -0.39 is 5.82 Å². The van der Waals surface area contributed by atoms with Gasteiger partial charge in [-0.3, -0.25) is 10.1 Å². The zero-order valence-electron chi connectivity index (χ0n) is 12.6. The molecule has 1 heterocycles. The summed E-state index contributed by atoms with van der Waals surface area (Å²) >= 11 is 1.76. The first-order chi connectivity index (χ1) is 10.1. The lowest BCUT2D eigenvalue weighted by Crippen LogP contribution is -2.38. The molecule has 2 unspecified atom stereocenters. The van der Waals surface area contributed by atoms with Crippen LogP contribution in [0.4, 0.5) is 4.39 Å². The number of ether oxygens (including phenoxy) is 1. The normalized spacial score (nSPS) is 19.9. The molecule has 1 amide bonds. The van der Waals surface area contributed by atoms with Crippen molar-refractivity contribution in [2.75, 3.05) is 25.7 Å². The number of nitrogens with zero attached hydrogens (tertiary/aromatic N) is 1. The van der Waals surface area contributed by atoms with Crippen LogP contribution in [0.3, 0.4) is 0 Å². The molecule has 4 nitrogen and oxygen atoms in total. The van der Waals surface area contributed by atoms with Gasteiger partial charge >= 0.3 is 0 Å². The van der Waals surface area contributed by atoms with Crippen molar-refractivity contribution in [3.63, 3.8) is 0 Å². The van der Waals surface area contributed by atoms with Crippen molar-refractivity contribution in [3.8, 4) is 5.75 Å². The molecule has 1 aromatic rings. The van der Waals surface area contributed by atoms with Gasteiger partial charge in [0.05, 0.1) is 13.7 Å². The van der Waals surface area contributed by atoms with Crippen LogP contribution >= 0.6 is 11.8 Å². The Hall–Kier alpha value is -1.27. The number of carbonyl (C=O) groups is 1. The average Bonchev–Trinajstić information content (AvgIpc) is 2.86. The molecule has 1 fully saturated rings. The van der Waals surface area contributed by atoms with Gasteiger partial charge in [-0.15, -0.1) is 0 Å². The monoisotopic (exact) mass is 312 g/mol. The van der Waals surface area contributed by atoms with E-state index in [2.05, 4.69) is 5.32 Å². The van der Waals surface area contributed by atoms with E-state index in [9.17, 15) is 9.18 Å². The highest BCUT2D eigenvalue weighted by molar-refractivity contribution is 7.98. The molecule has 1 aliphatic rings. The van der Waals surface area contributed by atoms with Gasteiger partial charge in [-0.25, -0.2) is 4.39 Å². The molecule has 2 rings (SSSR count).